The van der Waals surface area contributed by atoms with Crippen LogP contribution in [0.3, 0.4) is 0 Å². The van der Waals surface area contributed by atoms with Crippen LogP contribution in [0.1, 0.15) is 31.0 Å². The summed E-state index contributed by atoms with van der Waals surface area (Å²) in [6, 6.07) is 9.63. The minimum Gasteiger partial charge on any atom is -0.372 e. The molecule has 2 heterocycles. The molecule has 0 bridgehead atoms. The number of hydrogen-bond acceptors (Lipinski definition) is 5. The number of carbonyl (C=O) groups excluding carboxylic acids is 1. The largest absolute Gasteiger partial charge is 0.372 e. The van der Waals surface area contributed by atoms with E-state index in [0.717, 1.165) is 5.69 Å². The molecule has 0 saturated carbocycles. The molecule has 1 aromatic carbocycles. The summed E-state index contributed by atoms with van der Waals surface area (Å²) in [4.78, 5) is 18.2. The minimum atomic E-state index is -0.0307. The first-order valence-corrected chi connectivity index (χ1v) is 7.03. The predicted molar refractivity (Wildman–Crippen MR) is 75.8 cm³/mol. The lowest BCUT2D eigenvalue weighted by Gasteiger charge is -2.15. The van der Waals surface area contributed by atoms with Crippen molar-refractivity contribution in [3.63, 3.8) is 0 Å². The Labute approximate surface area is 122 Å². The number of amides is 1. The van der Waals surface area contributed by atoms with E-state index in [1.807, 2.05) is 37.3 Å². The summed E-state index contributed by atoms with van der Waals surface area (Å²) in [6.07, 6.45) is 0.405. The van der Waals surface area contributed by atoms with Crippen LogP contribution in [0.25, 0.3) is 0 Å². The maximum Gasteiger partial charge on any atom is 0.252 e. The summed E-state index contributed by atoms with van der Waals surface area (Å²) in [6.45, 7) is 3.40. The van der Waals surface area contributed by atoms with E-state index >= 15 is 0 Å². The van der Waals surface area contributed by atoms with Crippen LogP contribution in [0.4, 0.5) is 5.69 Å². The number of ether oxygens (including phenoxy) is 1. The van der Waals surface area contributed by atoms with Crippen LogP contribution in [0, 0.1) is 0 Å². The van der Waals surface area contributed by atoms with Crippen molar-refractivity contribution in [1.82, 2.24) is 10.1 Å². The first-order valence-electron chi connectivity index (χ1n) is 7.03. The van der Waals surface area contributed by atoms with Crippen molar-refractivity contribution in [1.29, 1.82) is 0 Å². The maximum absolute atomic E-state index is 12.2. The zero-order chi connectivity index (χ0) is 14.7. The average molecular weight is 287 g/mol. The second-order valence-electron chi connectivity index (χ2n) is 4.92. The van der Waals surface area contributed by atoms with Gasteiger partial charge in [0.25, 0.3) is 5.89 Å². The van der Waals surface area contributed by atoms with Crippen LogP contribution in [0.5, 0.6) is 0 Å². The molecule has 1 amide bonds. The fourth-order valence-corrected chi connectivity index (χ4v) is 2.42. The molecule has 6 nitrogen and oxygen atoms in total. The lowest BCUT2D eigenvalue weighted by Crippen LogP contribution is -2.24. The molecular weight excluding hydrogens is 270 g/mol. The molecule has 110 valence electrons. The van der Waals surface area contributed by atoms with Gasteiger partial charge >= 0.3 is 0 Å². The minimum absolute atomic E-state index is 0.0307. The fraction of sp³-hybridized carbons (Fsp3) is 0.400. The van der Waals surface area contributed by atoms with Gasteiger partial charge in [-0.1, -0.05) is 23.4 Å². The van der Waals surface area contributed by atoms with Gasteiger partial charge < -0.3 is 14.2 Å². The Morgan fingerprint density at radius 3 is 2.95 bits per heavy atom. The quantitative estimate of drug-likeness (QED) is 0.842. The van der Waals surface area contributed by atoms with E-state index in [0.29, 0.717) is 37.9 Å². The zero-order valence-electron chi connectivity index (χ0n) is 11.9. The number of anilines is 1. The Kier molecular flexibility index (Phi) is 3.96. The Morgan fingerprint density at radius 2 is 2.19 bits per heavy atom. The Hall–Kier alpha value is -2.21. The normalized spacial score (nSPS) is 18.4. The summed E-state index contributed by atoms with van der Waals surface area (Å²) >= 11 is 0. The van der Waals surface area contributed by atoms with E-state index < -0.39 is 0 Å². The highest BCUT2D eigenvalue weighted by atomic mass is 16.5. The Balaban J connectivity index is 1.71. The van der Waals surface area contributed by atoms with Crippen LogP contribution >= 0.6 is 0 Å². The number of nitrogens with zero attached hydrogens (tertiary/aromatic N) is 3. The lowest BCUT2D eigenvalue weighted by molar-refractivity contribution is -0.117. The molecule has 1 aliphatic rings. The van der Waals surface area contributed by atoms with Crippen LogP contribution in [-0.2, 0) is 16.1 Å². The van der Waals surface area contributed by atoms with E-state index in [2.05, 4.69) is 10.1 Å². The number of carbonyl (C=O) groups is 1. The second kappa shape index (κ2) is 6.05. The van der Waals surface area contributed by atoms with Crippen molar-refractivity contribution < 1.29 is 14.1 Å². The summed E-state index contributed by atoms with van der Waals surface area (Å²) in [5, 5.41) is 3.97. The maximum atomic E-state index is 12.2. The molecule has 2 aromatic rings. The molecule has 0 radical (unpaired) electrons. The van der Waals surface area contributed by atoms with Crippen LogP contribution in [0.2, 0.25) is 0 Å². The zero-order valence-corrected chi connectivity index (χ0v) is 11.9. The van der Waals surface area contributed by atoms with Crippen molar-refractivity contribution >= 4 is 11.6 Å². The van der Waals surface area contributed by atoms with Gasteiger partial charge in [0.15, 0.2) is 5.82 Å². The molecule has 6 heteroatoms. The molecule has 1 aliphatic heterocycles. The summed E-state index contributed by atoms with van der Waals surface area (Å²) in [5.74, 6) is 1.09. The smallest absolute Gasteiger partial charge is 0.252 e. The molecule has 1 fully saturated rings. The Bertz CT molecular complexity index is 612. The van der Waals surface area contributed by atoms with Crippen LogP contribution in [0.15, 0.2) is 34.9 Å². The second-order valence-corrected chi connectivity index (χ2v) is 4.92. The van der Waals surface area contributed by atoms with Crippen molar-refractivity contribution in [2.24, 2.45) is 0 Å². The van der Waals surface area contributed by atoms with Gasteiger partial charge in [0.05, 0.1) is 0 Å². The number of aromatic nitrogens is 2. The molecule has 1 unspecified atom stereocenters. The third-order valence-electron chi connectivity index (χ3n) is 3.47. The number of rotatable bonds is 5. The molecule has 0 aliphatic carbocycles. The monoisotopic (exact) mass is 287 g/mol. The van der Waals surface area contributed by atoms with Gasteiger partial charge in [0, 0.05) is 31.2 Å². The first kappa shape index (κ1) is 13.8. The Morgan fingerprint density at radius 1 is 1.38 bits per heavy atom. The van der Waals surface area contributed by atoms with E-state index in [-0.39, 0.29) is 11.8 Å². The van der Waals surface area contributed by atoms with E-state index in [1.54, 1.807) is 4.90 Å². The van der Waals surface area contributed by atoms with Gasteiger partial charge in [-0.3, -0.25) is 4.79 Å². The van der Waals surface area contributed by atoms with Crippen molar-refractivity contribution in [2.45, 2.75) is 25.9 Å². The van der Waals surface area contributed by atoms with Crippen LogP contribution in [-0.4, -0.2) is 29.2 Å². The summed E-state index contributed by atoms with van der Waals surface area (Å²) in [7, 11) is 0. The average Bonchev–Trinajstić information content (AvgIpc) is 3.12. The first-order chi connectivity index (χ1) is 10.3. The van der Waals surface area contributed by atoms with Gasteiger partial charge in [-0.2, -0.15) is 4.98 Å². The van der Waals surface area contributed by atoms with Gasteiger partial charge in [-0.05, 0) is 19.1 Å². The van der Waals surface area contributed by atoms with E-state index in [1.165, 1.54) is 0 Å². The fourth-order valence-electron chi connectivity index (χ4n) is 2.42. The number of benzene rings is 1. The highest BCUT2D eigenvalue weighted by molar-refractivity contribution is 5.96. The third kappa shape index (κ3) is 2.95. The highest BCUT2D eigenvalue weighted by Crippen LogP contribution is 2.30. The van der Waals surface area contributed by atoms with Crippen LogP contribution < -0.4 is 4.90 Å². The molecule has 0 N–H and O–H groups in total. The molecule has 1 atom stereocenters. The van der Waals surface area contributed by atoms with E-state index in [9.17, 15) is 4.79 Å². The lowest BCUT2D eigenvalue weighted by atomic mass is 10.1. The van der Waals surface area contributed by atoms with Crippen molar-refractivity contribution in [3.05, 3.63) is 42.0 Å². The van der Waals surface area contributed by atoms with Gasteiger partial charge in [-0.15, -0.1) is 0 Å². The van der Waals surface area contributed by atoms with Crippen molar-refractivity contribution in [2.75, 3.05) is 18.1 Å². The standard InChI is InChI=1S/C15H17N3O3/c1-2-20-10-13-16-15(17-21-13)11-8-14(19)18(9-11)12-6-4-3-5-7-12/h3-7,11H,2,8-10H2,1H3. The molecule has 1 saturated heterocycles. The predicted octanol–water partition coefficient (Wildman–Crippen LogP) is 2.13. The molecular formula is C15H17N3O3. The summed E-state index contributed by atoms with van der Waals surface area (Å²) in [5.41, 5.74) is 0.906. The molecule has 1 aromatic heterocycles. The number of para-hydroxylation sites is 1. The topological polar surface area (TPSA) is 68.5 Å². The van der Waals surface area contributed by atoms with Gasteiger partial charge in [0.1, 0.15) is 6.61 Å². The van der Waals surface area contributed by atoms with Gasteiger partial charge in [0.2, 0.25) is 5.91 Å². The number of hydrogen-bond donors (Lipinski definition) is 0. The molecule has 3 rings (SSSR count). The molecule has 21 heavy (non-hydrogen) atoms. The van der Waals surface area contributed by atoms with Crippen molar-refractivity contribution in [3.8, 4) is 0 Å². The highest BCUT2D eigenvalue weighted by Gasteiger charge is 2.34. The van der Waals surface area contributed by atoms with Gasteiger partial charge in [-0.25, -0.2) is 0 Å². The van der Waals surface area contributed by atoms with E-state index in [4.69, 9.17) is 9.26 Å². The molecule has 0 spiro atoms. The SMILES string of the molecule is CCOCc1nc(C2CC(=O)N(c3ccccc3)C2)no1. The third-order valence-corrected chi connectivity index (χ3v) is 3.47. The summed E-state index contributed by atoms with van der Waals surface area (Å²) < 4.78 is 10.4.